The smallest absolute Gasteiger partial charge is 0.245 e. The third-order valence-corrected chi connectivity index (χ3v) is 4.95. The molecule has 2 atom stereocenters. The van der Waals surface area contributed by atoms with Crippen LogP contribution in [0.3, 0.4) is 0 Å². The number of nitrogens with zero attached hydrogens (tertiary/aromatic N) is 1. The van der Waals surface area contributed by atoms with E-state index in [9.17, 15) is 9.59 Å². The summed E-state index contributed by atoms with van der Waals surface area (Å²) >= 11 is 0. The molecule has 4 nitrogen and oxygen atoms in total. The van der Waals surface area contributed by atoms with Crippen molar-refractivity contribution < 1.29 is 9.59 Å². The van der Waals surface area contributed by atoms with Gasteiger partial charge in [0.2, 0.25) is 11.8 Å². The Labute approximate surface area is 139 Å². The van der Waals surface area contributed by atoms with E-state index in [0.717, 1.165) is 12.8 Å². The van der Waals surface area contributed by atoms with Crippen LogP contribution in [0, 0.1) is 6.92 Å². The topological polar surface area (TPSA) is 49.4 Å². The Bertz CT molecular complexity index is 567. The van der Waals surface area contributed by atoms with Crippen molar-refractivity contribution in [2.75, 3.05) is 6.54 Å². The molecule has 1 fully saturated rings. The number of hydrogen-bond acceptors (Lipinski definition) is 2. The Morgan fingerprint density at radius 3 is 2.61 bits per heavy atom. The van der Waals surface area contributed by atoms with Crippen LogP contribution in [0.1, 0.15) is 51.2 Å². The Morgan fingerprint density at radius 1 is 1.35 bits per heavy atom. The zero-order valence-corrected chi connectivity index (χ0v) is 14.7. The molecule has 4 heteroatoms. The maximum Gasteiger partial charge on any atom is 0.245 e. The van der Waals surface area contributed by atoms with E-state index in [1.165, 1.54) is 11.1 Å². The van der Waals surface area contributed by atoms with Gasteiger partial charge in [-0.1, -0.05) is 36.8 Å². The highest BCUT2D eigenvalue weighted by molar-refractivity contribution is 5.94. The van der Waals surface area contributed by atoms with Gasteiger partial charge in [0.15, 0.2) is 0 Å². The monoisotopic (exact) mass is 316 g/mol. The quantitative estimate of drug-likeness (QED) is 0.877. The van der Waals surface area contributed by atoms with Gasteiger partial charge in [0.25, 0.3) is 0 Å². The summed E-state index contributed by atoms with van der Waals surface area (Å²) in [5, 5.41) is 3.04. The summed E-state index contributed by atoms with van der Waals surface area (Å²) in [4.78, 5) is 26.7. The minimum absolute atomic E-state index is 0.0263. The van der Waals surface area contributed by atoms with Crippen molar-refractivity contribution in [2.45, 2.75) is 65.0 Å². The first-order valence-corrected chi connectivity index (χ1v) is 8.54. The summed E-state index contributed by atoms with van der Waals surface area (Å²) in [6.45, 7) is 8.58. The highest BCUT2D eigenvalue weighted by atomic mass is 16.2. The van der Waals surface area contributed by atoms with Crippen molar-refractivity contribution in [3.8, 4) is 0 Å². The first kappa shape index (κ1) is 17.5. The van der Waals surface area contributed by atoms with Crippen LogP contribution in [0.15, 0.2) is 24.3 Å². The van der Waals surface area contributed by atoms with Crippen molar-refractivity contribution in [1.82, 2.24) is 10.2 Å². The van der Waals surface area contributed by atoms with Gasteiger partial charge in [-0.15, -0.1) is 0 Å². The number of amides is 2. The number of nitrogens with one attached hydrogen (secondary N) is 1. The van der Waals surface area contributed by atoms with Crippen LogP contribution < -0.4 is 5.32 Å². The van der Waals surface area contributed by atoms with E-state index in [4.69, 9.17) is 0 Å². The van der Waals surface area contributed by atoms with E-state index >= 15 is 0 Å². The lowest BCUT2D eigenvalue weighted by Crippen LogP contribution is -2.56. The maximum absolute atomic E-state index is 12.6. The van der Waals surface area contributed by atoms with Gasteiger partial charge >= 0.3 is 0 Å². The fraction of sp³-hybridized carbons (Fsp3) is 0.579. The summed E-state index contributed by atoms with van der Waals surface area (Å²) < 4.78 is 0. The third-order valence-electron chi connectivity index (χ3n) is 4.95. The Morgan fingerprint density at radius 2 is 2.00 bits per heavy atom. The molecule has 0 saturated carbocycles. The second-order valence-corrected chi connectivity index (χ2v) is 6.84. The van der Waals surface area contributed by atoms with E-state index < -0.39 is 5.54 Å². The van der Waals surface area contributed by atoms with Gasteiger partial charge in [0.1, 0.15) is 5.54 Å². The molecule has 1 saturated heterocycles. The van der Waals surface area contributed by atoms with E-state index in [-0.39, 0.29) is 17.9 Å². The van der Waals surface area contributed by atoms with Gasteiger partial charge in [0, 0.05) is 19.0 Å². The number of aryl methyl sites for hydroxylation is 1. The van der Waals surface area contributed by atoms with Crippen LogP contribution >= 0.6 is 0 Å². The molecule has 1 N–H and O–H groups in total. The molecule has 1 aromatic carbocycles. The Balaban J connectivity index is 2.06. The Hall–Kier alpha value is -1.84. The lowest BCUT2D eigenvalue weighted by atomic mass is 9.96. The highest BCUT2D eigenvalue weighted by Crippen LogP contribution is 2.30. The molecule has 1 aromatic rings. The summed E-state index contributed by atoms with van der Waals surface area (Å²) in [5.74, 6) is 0.0560. The number of rotatable bonds is 6. The third kappa shape index (κ3) is 3.92. The molecule has 2 amide bonds. The van der Waals surface area contributed by atoms with E-state index in [2.05, 4.69) is 36.5 Å². The van der Waals surface area contributed by atoms with Crippen LogP contribution in [0.2, 0.25) is 0 Å². The molecule has 0 bridgehead atoms. The molecule has 23 heavy (non-hydrogen) atoms. The molecule has 126 valence electrons. The molecule has 2 rings (SSSR count). The highest BCUT2D eigenvalue weighted by Gasteiger charge is 2.47. The van der Waals surface area contributed by atoms with Crippen LogP contribution in [-0.4, -0.2) is 34.8 Å². The van der Waals surface area contributed by atoms with E-state index in [0.29, 0.717) is 19.4 Å². The molecular weight excluding hydrogens is 288 g/mol. The second-order valence-electron chi connectivity index (χ2n) is 6.84. The lowest BCUT2D eigenvalue weighted by molar-refractivity contribution is -0.140. The van der Waals surface area contributed by atoms with Gasteiger partial charge < -0.3 is 10.2 Å². The predicted molar refractivity (Wildman–Crippen MR) is 92.1 cm³/mol. The fourth-order valence-corrected chi connectivity index (χ4v) is 2.98. The fourth-order valence-electron chi connectivity index (χ4n) is 2.98. The first-order valence-electron chi connectivity index (χ1n) is 8.54. The number of hydrogen-bond donors (Lipinski definition) is 1. The summed E-state index contributed by atoms with van der Waals surface area (Å²) in [6, 6.07) is 8.47. The minimum Gasteiger partial charge on any atom is -0.352 e. The molecule has 0 aromatic heterocycles. The summed E-state index contributed by atoms with van der Waals surface area (Å²) in [7, 11) is 0. The molecule has 0 spiro atoms. The first-order chi connectivity index (χ1) is 10.9. The lowest BCUT2D eigenvalue weighted by Gasteiger charge is -2.35. The number of benzene rings is 1. The molecular formula is C19H28N2O2. The normalized spacial score (nSPS) is 22.3. The van der Waals surface area contributed by atoms with Crippen LogP contribution in [-0.2, 0) is 16.0 Å². The van der Waals surface area contributed by atoms with Crippen molar-refractivity contribution in [3.63, 3.8) is 0 Å². The van der Waals surface area contributed by atoms with Gasteiger partial charge in [-0.2, -0.15) is 0 Å². The zero-order chi connectivity index (χ0) is 17.0. The average Bonchev–Trinajstić information content (AvgIpc) is 2.83. The molecule has 0 aliphatic carbocycles. The van der Waals surface area contributed by atoms with Crippen molar-refractivity contribution >= 4 is 11.8 Å². The van der Waals surface area contributed by atoms with Crippen LogP contribution in [0.5, 0.6) is 0 Å². The van der Waals surface area contributed by atoms with Crippen LogP contribution in [0.25, 0.3) is 0 Å². The molecule has 0 unspecified atom stereocenters. The van der Waals surface area contributed by atoms with Crippen molar-refractivity contribution in [2.24, 2.45) is 0 Å². The average molecular weight is 316 g/mol. The summed E-state index contributed by atoms with van der Waals surface area (Å²) in [6.07, 6.45) is 2.72. The van der Waals surface area contributed by atoms with Gasteiger partial charge in [-0.05, 0) is 45.6 Å². The molecule has 1 aliphatic heterocycles. The summed E-state index contributed by atoms with van der Waals surface area (Å²) in [5.41, 5.74) is 1.70. The molecule has 1 aliphatic rings. The van der Waals surface area contributed by atoms with Gasteiger partial charge in [-0.3, -0.25) is 9.59 Å². The largest absolute Gasteiger partial charge is 0.352 e. The second kappa shape index (κ2) is 7.16. The van der Waals surface area contributed by atoms with E-state index in [1.54, 1.807) is 4.90 Å². The van der Waals surface area contributed by atoms with Crippen LogP contribution in [0.4, 0.5) is 0 Å². The predicted octanol–water partition coefficient (Wildman–Crippen LogP) is 2.83. The standard InChI is InChI=1S/C19H28N2O2/c1-5-15(3)20-18(23)19(4)12-10-17(22)21(19)13-11-16-8-6-14(2)7-9-16/h6-9,15H,5,10-13H2,1-4H3,(H,20,23)/t15-,19+/m1/s1. The zero-order valence-electron chi connectivity index (χ0n) is 14.7. The molecule has 0 radical (unpaired) electrons. The molecule has 1 heterocycles. The number of carbonyl (C=O) groups is 2. The van der Waals surface area contributed by atoms with Crippen molar-refractivity contribution in [1.29, 1.82) is 0 Å². The Kier molecular flexibility index (Phi) is 5.45. The number of likely N-dealkylation sites (tertiary alicyclic amines) is 1. The number of carbonyl (C=O) groups excluding carboxylic acids is 2. The minimum atomic E-state index is -0.717. The van der Waals surface area contributed by atoms with Gasteiger partial charge in [0.05, 0.1) is 0 Å². The van der Waals surface area contributed by atoms with Gasteiger partial charge in [-0.25, -0.2) is 0 Å². The van der Waals surface area contributed by atoms with E-state index in [1.807, 2.05) is 20.8 Å². The SMILES string of the molecule is CC[C@@H](C)NC(=O)[C@]1(C)CCC(=O)N1CCc1ccc(C)cc1. The van der Waals surface area contributed by atoms with Crippen molar-refractivity contribution in [3.05, 3.63) is 35.4 Å². The maximum atomic E-state index is 12.6.